The van der Waals surface area contributed by atoms with Gasteiger partial charge in [0.1, 0.15) is 18.1 Å². The normalized spacial score (nSPS) is 10.9. The molecule has 3 aromatic rings. The van der Waals surface area contributed by atoms with Crippen LogP contribution in [0.15, 0.2) is 45.4 Å². The lowest BCUT2D eigenvalue weighted by atomic mass is 10.1. The fourth-order valence-electron chi connectivity index (χ4n) is 2.67. The van der Waals surface area contributed by atoms with Gasteiger partial charge in [-0.15, -0.1) is 0 Å². The average Bonchev–Trinajstić information content (AvgIpc) is 3.26. The lowest BCUT2D eigenvalue weighted by Gasteiger charge is -2.07. The SMILES string of the molecule is Cc1ccc(OCc2ccc(C(=O)NCCCn3cc(Br)c(C)n3)o2)cc1C. The molecule has 7 heteroatoms. The van der Waals surface area contributed by atoms with Crippen molar-refractivity contribution in [2.45, 2.75) is 40.3 Å². The molecule has 6 nitrogen and oxygen atoms in total. The fourth-order valence-corrected chi connectivity index (χ4v) is 2.99. The fraction of sp³-hybridized carbons (Fsp3) is 0.333. The van der Waals surface area contributed by atoms with Crippen molar-refractivity contribution in [3.8, 4) is 5.75 Å². The number of carbonyl (C=O) groups excluding carboxylic acids is 1. The van der Waals surface area contributed by atoms with Crippen LogP contribution in [0.3, 0.4) is 0 Å². The molecule has 2 aromatic heterocycles. The second kappa shape index (κ2) is 9.10. The van der Waals surface area contributed by atoms with Gasteiger partial charge in [-0.25, -0.2) is 0 Å². The van der Waals surface area contributed by atoms with Crippen LogP contribution in [0.1, 0.15) is 39.6 Å². The summed E-state index contributed by atoms with van der Waals surface area (Å²) in [7, 11) is 0. The zero-order valence-corrected chi connectivity index (χ0v) is 17.9. The van der Waals surface area contributed by atoms with Crippen molar-refractivity contribution in [1.29, 1.82) is 0 Å². The maximum absolute atomic E-state index is 12.2. The van der Waals surface area contributed by atoms with Gasteiger partial charge in [0.2, 0.25) is 0 Å². The Kier molecular flexibility index (Phi) is 6.57. The van der Waals surface area contributed by atoms with Gasteiger partial charge in [-0.1, -0.05) is 6.07 Å². The van der Waals surface area contributed by atoms with Gasteiger partial charge in [0.15, 0.2) is 5.76 Å². The zero-order chi connectivity index (χ0) is 20.1. The van der Waals surface area contributed by atoms with E-state index < -0.39 is 0 Å². The highest BCUT2D eigenvalue weighted by atomic mass is 79.9. The van der Waals surface area contributed by atoms with Crippen molar-refractivity contribution in [2.24, 2.45) is 0 Å². The third kappa shape index (κ3) is 5.25. The van der Waals surface area contributed by atoms with Gasteiger partial charge in [-0.2, -0.15) is 5.10 Å². The second-order valence-electron chi connectivity index (χ2n) is 6.74. The van der Waals surface area contributed by atoms with Crippen molar-refractivity contribution < 1.29 is 13.9 Å². The van der Waals surface area contributed by atoms with Gasteiger partial charge in [0.25, 0.3) is 5.91 Å². The van der Waals surface area contributed by atoms with Crippen LogP contribution >= 0.6 is 15.9 Å². The monoisotopic (exact) mass is 445 g/mol. The van der Waals surface area contributed by atoms with E-state index in [9.17, 15) is 4.79 Å². The second-order valence-corrected chi connectivity index (χ2v) is 7.59. The number of aryl methyl sites for hydroxylation is 4. The van der Waals surface area contributed by atoms with Crippen LogP contribution in [0.4, 0.5) is 0 Å². The predicted octanol–water partition coefficient (Wildman–Crippen LogP) is 4.56. The Morgan fingerprint density at radius 1 is 1.21 bits per heavy atom. The van der Waals surface area contributed by atoms with Gasteiger partial charge in [-0.05, 0) is 78.5 Å². The third-order valence-corrected chi connectivity index (χ3v) is 5.26. The van der Waals surface area contributed by atoms with Crippen molar-refractivity contribution in [3.05, 3.63) is 69.3 Å². The molecule has 0 atom stereocenters. The van der Waals surface area contributed by atoms with E-state index in [0.717, 1.165) is 28.9 Å². The van der Waals surface area contributed by atoms with Crippen molar-refractivity contribution in [2.75, 3.05) is 6.54 Å². The number of aromatic nitrogens is 2. The van der Waals surface area contributed by atoms with E-state index in [1.807, 2.05) is 42.9 Å². The van der Waals surface area contributed by atoms with Crippen LogP contribution in [-0.4, -0.2) is 22.2 Å². The number of furan rings is 1. The van der Waals surface area contributed by atoms with Crippen LogP contribution in [0.25, 0.3) is 0 Å². The van der Waals surface area contributed by atoms with Crippen molar-refractivity contribution in [3.63, 3.8) is 0 Å². The van der Waals surface area contributed by atoms with Gasteiger partial charge >= 0.3 is 0 Å². The largest absolute Gasteiger partial charge is 0.486 e. The van der Waals surface area contributed by atoms with Crippen LogP contribution in [0, 0.1) is 20.8 Å². The Hall–Kier alpha value is -2.54. The molecule has 0 unspecified atom stereocenters. The summed E-state index contributed by atoms with van der Waals surface area (Å²) >= 11 is 3.44. The van der Waals surface area contributed by atoms with Gasteiger partial charge in [0.05, 0.1) is 10.2 Å². The van der Waals surface area contributed by atoms with Crippen LogP contribution in [0.5, 0.6) is 5.75 Å². The van der Waals surface area contributed by atoms with E-state index in [4.69, 9.17) is 9.15 Å². The van der Waals surface area contributed by atoms with E-state index in [2.05, 4.69) is 33.3 Å². The molecule has 0 bridgehead atoms. The summed E-state index contributed by atoms with van der Waals surface area (Å²) in [5.41, 5.74) is 3.35. The van der Waals surface area contributed by atoms with Gasteiger partial charge in [0, 0.05) is 19.3 Å². The minimum Gasteiger partial charge on any atom is -0.486 e. The number of amides is 1. The maximum atomic E-state index is 12.2. The number of halogens is 1. The topological polar surface area (TPSA) is 69.3 Å². The quantitative estimate of drug-likeness (QED) is 0.515. The molecular formula is C21H24BrN3O3. The van der Waals surface area contributed by atoms with Gasteiger partial charge < -0.3 is 14.5 Å². The summed E-state index contributed by atoms with van der Waals surface area (Å²) in [6.07, 6.45) is 2.72. The molecule has 3 rings (SSSR count). The van der Waals surface area contributed by atoms with Crippen molar-refractivity contribution >= 4 is 21.8 Å². The molecule has 0 aliphatic rings. The number of rotatable bonds is 8. The highest BCUT2D eigenvalue weighted by molar-refractivity contribution is 9.10. The summed E-state index contributed by atoms with van der Waals surface area (Å²) in [5, 5.41) is 7.23. The molecule has 0 aliphatic heterocycles. The number of nitrogens with zero attached hydrogens (tertiary/aromatic N) is 2. The molecule has 0 aliphatic carbocycles. The number of benzene rings is 1. The molecule has 0 spiro atoms. The van der Waals surface area contributed by atoms with Crippen LogP contribution in [-0.2, 0) is 13.2 Å². The standard InChI is InChI=1S/C21H24BrN3O3/c1-14-5-6-17(11-15(14)2)27-13-18-7-8-20(28-18)21(26)23-9-4-10-25-12-19(22)16(3)24-25/h5-8,11-12H,4,9-10,13H2,1-3H3,(H,23,26). The van der Waals surface area contributed by atoms with E-state index in [1.54, 1.807) is 12.1 Å². The first-order valence-electron chi connectivity index (χ1n) is 9.19. The molecule has 2 heterocycles. The Labute approximate surface area is 173 Å². The summed E-state index contributed by atoms with van der Waals surface area (Å²) < 4.78 is 14.2. The summed E-state index contributed by atoms with van der Waals surface area (Å²) in [4.78, 5) is 12.2. The average molecular weight is 446 g/mol. The van der Waals surface area contributed by atoms with Crippen LogP contribution < -0.4 is 10.1 Å². The molecule has 148 valence electrons. The smallest absolute Gasteiger partial charge is 0.286 e. The minimum atomic E-state index is -0.227. The Morgan fingerprint density at radius 2 is 2.04 bits per heavy atom. The Balaban J connectivity index is 1.43. The predicted molar refractivity (Wildman–Crippen MR) is 111 cm³/mol. The van der Waals surface area contributed by atoms with Crippen molar-refractivity contribution in [1.82, 2.24) is 15.1 Å². The summed E-state index contributed by atoms with van der Waals surface area (Å²) in [5.74, 6) is 1.46. The summed E-state index contributed by atoms with van der Waals surface area (Å²) in [6.45, 7) is 7.61. The maximum Gasteiger partial charge on any atom is 0.286 e. The van der Waals surface area contributed by atoms with E-state index in [0.29, 0.717) is 12.3 Å². The van der Waals surface area contributed by atoms with Crippen LogP contribution in [0.2, 0.25) is 0 Å². The summed E-state index contributed by atoms with van der Waals surface area (Å²) in [6, 6.07) is 9.38. The molecule has 1 N–H and O–H groups in total. The molecule has 1 aromatic carbocycles. The highest BCUT2D eigenvalue weighted by Crippen LogP contribution is 2.18. The number of hydrogen-bond donors (Lipinski definition) is 1. The lowest BCUT2D eigenvalue weighted by molar-refractivity contribution is 0.0921. The Bertz CT molecular complexity index is 942. The number of hydrogen-bond acceptors (Lipinski definition) is 4. The first-order chi connectivity index (χ1) is 13.4. The number of nitrogens with one attached hydrogen (secondary N) is 1. The number of ether oxygens (including phenoxy) is 1. The molecule has 0 saturated carbocycles. The molecule has 28 heavy (non-hydrogen) atoms. The molecule has 1 amide bonds. The Morgan fingerprint density at radius 3 is 2.75 bits per heavy atom. The van der Waals surface area contributed by atoms with Gasteiger partial charge in [-0.3, -0.25) is 9.48 Å². The molecule has 0 saturated heterocycles. The third-order valence-electron chi connectivity index (χ3n) is 4.48. The lowest BCUT2D eigenvalue weighted by Crippen LogP contribution is -2.24. The highest BCUT2D eigenvalue weighted by Gasteiger charge is 2.11. The van der Waals surface area contributed by atoms with E-state index >= 15 is 0 Å². The minimum absolute atomic E-state index is 0.227. The number of carbonyl (C=O) groups is 1. The molecular weight excluding hydrogens is 422 g/mol. The zero-order valence-electron chi connectivity index (χ0n) is 16.3. The molecule has 0 fully saturated rings. The first kappa shape index (κ1) is 20.2. The first-order valence-corrected chi connectivity index (χ1v) is 9.98. The molecule has 0 radical (unpaired) electrons. The van der Waals surface area contributed by atoms with E-state index in [1.165, 1.54) is 11.1 Å². The van der Waals surface area contributed by atoms with E-state index in [-0.39, 0.29) is 18.3 Å².